The van der Waals surface area contributed by atoms with E-state index in [1.54, 1.807) is 30.3 Å². The third kappa shape index (κ3) is 5.76. The second kappa shape index (κ2) is 10.5. The molecule has 1 aromatic heterocycles. The number of carbonyl (C=O) groups excluding carboxylic acids is 3. The molecule has 0 bridgehead atoms. The molecule has 6 nitrogen and oxygen atoms in total. The Morgan fingerprint density at radius 3 is 2.39 bits per heavy atom. The van der Waals surface area contributed by atoms with Crippen molar-refractivity contribution in [1.82, 2.24) is 0 Å². The van der Waals surface area contributed by atoms with Crippen LogP contribution < -0.4 is 10.6 Å². The summed E-state index contributed by atoms with van der Waals surface area (Å²) in [4.78, 5) is 39.3. The highest BCUT2D eigenvalue weighted by Gasteiger charge is 2.33. The summed E-state index contributed by atoms with van der Waals surface area (Å²) in [7, 11) is 0. The molecule has 2 N–H and O–H groups in total. The molecule has 0 saturated heterocycles. The highest BCUT2D eigenvalue weighted by atomic mass is 32.1. The first kappa shape index (κ1) is 25.4. The lowest BCUT2D eigenvalue weighted by Crippen LogP contribution is -2.26. The van der Waals surface area contributed by atoms with Crippen molar-refractivity contribution in [3.05, 3.63) is 81.7 Å². The van der Waals surface area contributed by atoms with Crippen LogP contribution in [0.3, 0.4) is 0 Å². The van der Waals surface area contributed by atoms with Crippen LogP contribution in [-0.2, 0) is 33.3 Å². The molecule has 1 aliphatic rings. The molecule has 2 aromatic carbocycles. The fourth-order valence-electron chi connectivity index (χ4n) is 4.08. The Bertz CT molecular complexity index is 1290. The molecule has 1 atom stereocenters. The Morgan fingerprint density at radius 1 is 0.972 bits per heavy atom. The summed E-state index contributed by atoms with van der Waals surface area (Å²) < 4.78 is 45.0. The molecule has 3 aromatic rings. The zero-order valence-corrected chi connectivity index (χ0v) is 20.1. The van der Waals surface area contributed by atoms with Crippen LogP contribution in [0.4, 0.5) is 23.9 Å². The molecule has 0 spiro atoms. The summed E-state index contributed by atoms with van der Waals surface area (Å²) in [6.45, 7) is 1.34. The summed E-state index contributed by atoms with van der Waals surface area (Å²) in [5, 5.41) is 5.48. The number of carbonyl (C=O) groups is 3. The molecule has 0 unspecified atom stereocenters. The molecule has 1 aliphatic carbocycles. The largest absolute Gasteiger partial charge is 0.444 e. The summed E-state index contributed by atoms with van der Waals surface area (Å²) in [6.07, 6.45) is -2.75. The molecule has 36 heavy (non-hydrogen) atoms. The van der Waals surface area contributed by atoms with E-state index in [-0.39, 0.29) is 17.2 Å². The fraction of sp³-hybridized carbons (Fsp3) is 0.269. The van der Waals surface area contributed by atoms with Gasteiger partial charge >= 0.3 is 12.1 Å². The van der Waals surface area contributed by atoms with Gasteiger partial charge in [0, 0.05) is 23.1 Å². The van der Waals surface area contributed by atoms with Gasteiger partial charge in [-0.15, -0.1) is 11.3 Å². The molecule has 1 heterocycles. The summed E-state index contributed by atoms with van der Waals surface area (Å²) in [5.41, 5.74) is 0.361. The minimum Gasteiger partial charge on any atom is -0.444 e. The van der Waals surface area contributed by atoms with Crippen molar-refractivity contribution >= 4 is 39.8 Å². The van der Waals surface area contributed by atoms with Crippen molar-refractivity contribution in [3.63, 3.8) is 0 Å². The number of halogens is 3. The lowest BCUT2D eigenvalue weighted by molar-refractivity contribution is -0.137. The van der Waals surface area contributed by atoms with Crippen molar-refractivity contribution in [2.45, 2.75) is 44.9 Å². The molecule has 2 amide bonds. The van der Waals surface area contributed by atoms with Crippen LogP contribution in [0.1, 0.15) is 57.8 Å². The Balaban J connectivity index is 1.65. The lowest BCUT2D eigenvalue weighted by atomic mass is 9.95. The van der Waals surface area contributed by atoms with Crippen LogP contribution in [-0.4, -0.2) is 17.8 Å². The fourth-order valence-corrected chi connectivity index (χ4v) is 5.40. The predicted octanol–water partition coefficient (Wildman–Crippen LogP) is 6.14. The number of aryl methyl sites for hydroxylation is 1. The van der Waals surface area contributed by atoms with Gasteiger partial charge < -0.3 is 15.4 Å². The van der Waals surface area contributed by atoms with Crippen LogP contribution in [0.5, 0.6) is 0 Å². The number of alkyl halides is 3. The first-order valence-corrected chi connectivity index (χ1v) is 12.1. The third-order valence-electron chi connectivity index (χ3n) is 5.69. The molecule has 0 fully saturated rings. The standard InChI is InChI=1S/C26H23F3N2O4S/c1-15(32)30-24-21(19-12-5-6-13-20(19)36-24)25(34)35-22(16-8-3-2-4-9-16)23(33)31-18-11-7-10-17(14-18)26(27,28)29/h2-4,7-11,14,22H,5-6,12-13H2,1H3,(H,30,32)(H,31,33)/t22-/m0/s1. The maximum absolute atomic E-state index is 13.4. The summed E-state index contributed by atoms with van der Waals surface area (Å²) in [5.74, 6) is -1.94. The number of fused-ring (bicyclic) bond motifs is 1. The Kier molecular flexibility index (Phi) is 7.44. The Morgan fingerprint density at radius 2 is 1.69 bits per heavy atom. The smallest absolute Gasteiger partial charge is 0.416 e. The molecule has 4 rings (SSSR count). The van der Waals surface area contributed by atoms with Crippen LogP contribution in [0, 0.1) is 0 Å². The molecular weight excluding hydrogens is 493 g/mol. The van der Waals surface area contributed by atoms with Crippen molar-refractivity contribution < 1.29 is 32.3 Å². The minimum atomic E-state index is -4.58. The van der Waals surface area contributed by atoms with Gasteiger partial charge in [-0.2, -0.15) is 13.2 Å². The van der Waals surface area contributed by atoms with E-state index in [0.717, 1.165) is 41.8 Å². The first-order chi connectivity index (χ1) is 17.1. The maximum Gasteiger partial charge on any atom is 0.416 e. The van der Waals surface area contributed by atoms with Crippen molar-refractivity contribution in [1.29, 1.82) is 0 Å². The number of nitrogens with one attached hydrogen (secondary N) is 2. The number of hydrogen-bond donors (Lipinski definition) is 2. The molecule has 0 radical (unpaired) electrons. The molecule has 0 aliphatic heterocycles. The van der Waals surface area contributed by atoms with E-state index < -0.39 is 29.7 Å². The average molecular weight is 517 g/mol. The van der Waals surface area contributed by atoms with Crippen LogP contribution in [0.25, 0.3) is 0 Å². The molecule has 188 valence electrons. The van der Waals surface area contributed by atoms with E-state index in [2.05, 4.69) is 10.6 Å². The Hall–Kier alpha value is -3.66. The van der Waals surface area contributed by atoms with E-state index in [1.165, 1.54) is 30.4 Å². The van der Waals surface area contributed by atoms with Crippen molar-refractivity contribution in [2.75, 3.05) is 10.6 Å². The second-order valence-electron chi connectivity index (χ2n) is 8.36. The number of thiophene rings is 1. The van der Waals surface area contributed by atoms with Crippen molar-refractivity contribution in [3.8, 4) is 0 Å². The number of ether oxygens (including phenoxy) is 1. The van der Waals surface area contributed by atoms with E-state index in [0.29, 0.717) is 17.0 Å². The van der Waals surface area contributed by atoms with E-state index in [4.69, 9.17) is 4.74 Å². The molecular formula is C26H23F3N2O4S. The summed E-state index contributed by atoms with van der Waals surface area (Å²) in [6, 6.07) is 12.4. The van der Waals surface area contributed by atoms with Crippen molar-refractivity contribution in [2.24, 2.45) is 0 Å². The monoisotopic (exact) mass is 516 g/mol. The number of esters is 1. The number of hydrogen-bond acceptors (Lipinski definition) is 5. The van der Waals surface area contributed by atoms with Gasteiger partial charge in [0.2, 0.25) is 12.0 Å². The summed E-state index contributed by atoms with van der Waals surface area (Å²) >= 11 is 1.32. The SMILES string of the molecule is CC(=O)Nc1sc2c(c1C(=O)O[C@H](C(=O)Nc1cccc(C(F)(F)F)c1)c1ccccc1)CCCC2. The van der Waals surface area contributed by atoms with E-state index in [1.807, 2.05) is 0 Å². The van der Waals surface area contributed by atoms with E-state index in [9.17, 15) is 27.6 Å². The highest BCUT2D eigenvalue weighted by molar-refractivity contribution is 7.17. The van der Waals surface area contributed by atoms with Gasteiger partial charge in [-0.3, -0.25) is 9.59 Å². The number of benzene rings is 2. The van der Waals surface area contributed by atoms with Crippen LogP contribution in [0.15, 0.2) is 54.6 Å². The first-order valence-electron chi connectivity index (χ1n) is 11.3. The zero-order chi connectivity index (χ0) is 25.9. The topological polar surface area (TPSA) is 84.5 Å². The third-order valence-corrected chi connectivity index (χ3v) is 6.90. The molecule has 0 saturated carbocycles. The number of rotatable bonds is 6. The van der Waals surface area contributed by atoms with Gasteiger partial charge in [0.1, 0.15) is 5.00 Å². The average Bonchev–Trinajstić information content (AvgIpc) is 3.19. The minimum absolute atomic E-state index is 0.0846. The Labute approximate surface area is 209 Å². The molecule has 10 heteroatoms. The predicted molar refractivity (Wildman–Crippen MR) is 130 cm³/mol. The zero-order valence-electron chi connectivity index (χ0n) is 19.3. The van der Waals surface area contributed by atoms with Gasteiger partial charge in [0.25, 0.3) is 5.91 Å². The quantitative estimate of drug-likeness (QED) is 0.386. The van der Waals surface area contributed by atoms with Crippen LogP contribution in [0.2, 0.25) is 0 Å². The van der Waals surface area contributed by atoms with E-state index >= 15 is 0 Å². The second-order valence-corrected chi connectivity index (χ2v) is 9.47. The van der Waals surface area contributed by atoms with Gasteiger partial charge in [-0.1, -0.05) is 36.4 Å². The van der Waals surface area contributed by atoms with Gasteiger partial charge in [-0.05, 0) is 49.4 Å². The number of anilines is 2. The van der Waals surface area contributed by atoms with Crippen LogP contribution >= 0.6 is 11.3 Å². The van der Waals surface area contributed by atoms with Gasteiger partial charge in [0.15, 0.2) is 0 Å². The van der Waals surface area contributed by atoms with Gasteiger partial charge in [0.05, 0.1) is 11.1 Å². The highest BCUT2D eigenvalue weighted by Crippen LogP contribution is 2.39. The lowest BCUT2D eigenvalue weighted by Gasteiger charge is -2.20. The normalized spacial score (nSPS) is 13.9. The van der Waals surface area contributed by atoms with Gasteiger partial charge in [-0.25, -0.2) is 4.79 Å². The maximum atomic E-state index is 13.4. The number of amides is 2.